The van der Waals surface area contributed by atoms with E-state index in [9.17, 15) is 4.79 Å². The molecular formula is C12H15ClN4OS. The van der Waals surface area contributed by atoms with Gasteiger partial charge in [0.1, 0.15) is 5.88 Å². The molecule has 0 bridgehead atoms. The summed E-state index contributed by atoms with van der Waals surface area (Å²) in [5, 5.41) is 6.53. The van der Waals surface area contributed by atoms with Gasteiger partial charge in [0, 0.05) is 20.3 Å². The number of hydrogen-bond acceptors (Lipinski definition) is 5. The van der Waals surface area contributed by atoms with Gasteiger partial charge in [-0.15, -0.1) is 16.7 Å². The average Bonchev–Trinajstić information content (AvgIpc) is 2.78. The lowest BCUT2D eigenvalue weighted by atomic mass is 10.2. The van der Waals surface area contributed by atoms with Crippen LogP contribution < -0.4 is 0 Å². The van der Waals surface area contributed by atoms with Crippen LogP contribution in [0, 0.1) is 0 Å². The molecular weight excluding hydrogens is 284 g/mol. The van der Waals surface area contributed by atoms with E-state index >= 15 is 0 Å². The van der Waals surface area contributed by atoms with Gasteiger partial charge in [0.05, 0.1) is 5.69 Å². The highest BCUT2D eigenvalue weighted by Crippen LogP contribution is 2.44. The normalized spacial score (nSPS) is 22.3. The van der Waals surface area contributed by atoms with Crippen LogP contribution in [0.1, 0.15) is 12.6 Å². The number of nitrogens with zero attached hydrogens (tertiary/aromatic N) is 4. The Balaban J connectivity index is 2.42. The Hall–Kier alpha value is -1.27. The van der Waals surface area contributed by atoms with Crippen molar-refractivity contribution in [2.24, 2.45) is 5.10 Å². The number of amidine groups is 1. The predicted molar refractivity (Wildman–Crippen MR) is 77.9 cm³/mol. The van der Waals surface area contributed by atoms with Crippen LogP contribution in [0.15, 0.2) is 29.5 Å². The van der Waals surface area contributed by atoms with E-state index in [0.717, 1.165) is 10.9 Å². The molecule has 1 aromatic rings. The van der Waals surface area contributed by atoms with Gasteiger partial charge in [-0.3, -0.25) is 9.78 Å². The van der Waals surface area contributed by atoms with Gasteiger partial charge in [-0.25, -0.2) is 5.01 Å². The zero-order valence-corrected chi connectivity index (χ0v) is 12.6. The Kier molecular flexibility index (Phi) is 4.01. The third-order valence-electron chi connectivity index (χ3n) is 2.75. The highest BCUT2D eigenvalue weighted by molar-refractivity contribution is 8.14. The van der Waals surface area contributed by atoms with Gasteiger partial charge >= 0.3 is 0 Å². The van der Waals surface area contributed by atoms with Gasteiger partial charge in [0.2, 0.25) is 0 Å². The van der Waals surface area contributed by atoms with Crippen molar-refractivity contribution in [1.82, 2.24) is 14.9 Å². The van der Waals surface area contributed by atoms with Crippen LogP contribution in [0.25, 0.3) is 0 Å². The van der Waals surface area contributed by atoms with Crippen molar-refractivity contribution in [2.45, 2.75) is 11.8 Å². The standard InChI is InChI=1S/C12H15ClN4OS/c1-12(9-6-4-5-7-14-9)17(10(18)8-13)15-11(19-12)16(2)3/h4-7H,8H2,1-3H3. The van der Waals surface area contributed by atoms with Crippen molar-refractivity contribution < 1.29 is 4.79 Å². The lowest BCUT2D eigenvalue weighted by molar-refractivity contribution is -0.131. The molecule has 2 heterocycles. The number of hydrazone groups is 1. The highest BCUT2D eigenvalue weighted by atomic mass is 35.5. The number of carbonyl (C=O) groups excluding carboxylic acids is 1. The molecule has 5 nitrogen and oxygen atoms in total. The first-order valence-corrected chi connectivity index (χ1v) is 7.09. The fourth-order valence-corrected chi connectivity index (χ4v) is 2.98. The van der Waals surface area contributed by atoms with Gasteiger partial charge in [-0.05, 0) is 30.8 Å². The second-order valence-electron chi connectivity index (χ2n) is 4.42. The molecule has 0 spiro atoms. The Morgan fingerprint density at radius 1 is 1.53 bits per heavy atom. The number of halogens is 1. The van der Waals surface area contributed by atoms with Gasteiger partial charge < -0.3 is 4.90 Å². The molecule has 7 heteroatoms. The molecule has 0 aromatic carbocycles. The minimum absolute atomic E-state index is 0.104. The van der Waals surface area contributed by atoms with Crippen LogP contribution in [-0.2, 0) is 9.67 Å². The maximum atomic E-state index is 12.0. The Labute approximate surface area is 121 Å². The Morgan fingerprint density at radius 2 is 2.26 bits per heavy atom. The van der Waals surface area contributed by atoms with E-state index in [-0.39, 0.29) is 11.8 Å². The molecule has 102 valence electrons. The van der Waals surface area contributed by atoms with Crippen LogP contribution in [-0.4, -0.2) is 45.9 Å². The molecule has 0 radical (unpaired) electrons. The van der Waals surface area contributed by atoms with Gasteiger partial charge in [-0.2, -0.15) is 0 Å². The number of thioether (sulfide) groups is 1. The first-order chi connectivity index (χ1) is 8.99. The molecule has 1 atom stereocenters. The SMILES string of the molecule is CN(C)C1=NN(C(=O)CCl)C(C)(c2ccccn2)S1. The molecule has 2 rings (SSSR count). The fraction of sp³-hybridized carbons (Fsp3) is 0.417. The van der Waals surface area contributed by atoms with E-state index in [1.165, 1.54) is 16.8 Å². The van der Waals surface area contributed by atoms with Crippen LogP contribution >= 0.6 is 23.4 Å². The van der Waals surface area contributed by atoms with Gasteiger partial charge in [0.25, 0.3) is 5.91 Å². The van der Waals surface area contributed by atoms with Crippen LogP contribution in [0.5, 0.6) is 0 Å². The third kappa shape index (κ3) is 2.55. The minimum Gasteiger partial charge on any atom is -0.356 e. The summed E-state index contributed by atoms with van der Waals surface area (Å²) >= 11 is 7.16. The third-order valence-corrected chi connectivity index (χ3v) is 4.39. The summed E-state index contributed by atoms with van der Waals surface area (Å²) in [7, 11) is 3.78. The average molecular weight is 299 g/mol. The number of amides is 1. The van der Waals surface area contributed by atoms with E-state index in [2.05, 4.69) is 10.1 Å². The lowest BCUT2D eigenvalue weighted by Crippen LogP contribution is -2.40. The summed E-state index contributed by atoms with van der Waals surface area (Å²) < 4.78 is 0. The van der Waals surface area contributed by atoms with Crippen molar-refractivity contribution in [1.29, 1.82) is 0 Å². The van der Waals surface area contributed by atoms with Crippen LogP contribution in [0.2, 0.25) is 0 Å². The van der Waals surface area contributed by atoms with E-state index in [4.69, 9.17) is 11.6 Å². The molecule has 0 saturated carbocycles. The molecule has 0 fully saturated rings. The Bertz CT molecular complexity index is 508. The van der Waals surface area contributed by atoms with Crippen molar-refractivity contribution in [3.8, 4) is 0 Å². The number of rotatable bonds is 2. The molecule has 1 amide bonds. The zero-order chi connectivity index (χ0) is 14.0. The second kappa shape index (κ2) is 5.38. The summed E-state index contributed by atoms with van der Waals surface area (Å²) in [4.78, 5) is 17.6. The Morgan fingerprint density at radius 3 is 2.79 bits per heavy atom. The summed E-state index contributed by atoms with van der Waals surface area (Å²) in [6.45, 7) is 1.92. The quantitative estimate of drug-likeness (QED) is 0.783. The number of pyridine rings is 1. The van der Waals surface area contributed by atoms with E-state index in [1.807, 2.05) is 44.1 Å². The topological polar surface area (TPSA) is 48.8 Å². The molecule has 0 aliphatic carbocycles. The summed E-state index contributed by atoms with van der Waals surface area (Å²) in [5.74, 6) is -0.341. The molecule has 19 heavy (non-hydrogen) atoms. The predicted octanol–water partition coefficient (Wildman–Crippen LogP) is 1.90. The van der Waals surface area contributed by atoms with Crippen LogP contribution in [0.3, 0.4) is 0 Å². The van der Waals surface area contributed by atoms with Crippen molar-refractivity contribution in [3.05, 3.63) is 30.1 Å². The van der Waals surface area contributed by atoms with Gasteiger partial charge in [-0.1, -0.05) is 6.07 Å². The highest BCUT2D eigenvalue weighted by Gasteiger charge is 2.45. The monoisotopic (exact) mass is 298 g/mol. The van der Waals surface area contributed by atoms with E-state index in [0.29, 0.717) is 0 Å². The maximum Gasteiger partial charge on any atom is 0.259 e. The van der Waals surface area contributed by atoms with Crippen molar-refractivity contribution >= 4 is 34.4 Å². The lowest BCUT2D eigenvalue weighted by Gasteiger charge is -2.30. The van der Waals surface area contributed by atoms with E-state index in [1.54, 1.807) is 6.20 Å². The molecule has 1 unspecified atom stereocenters. The smallest absolute Gasteiger partial charge is 0.259 e. The summed E-state index contributed by atoms with van der Waals surface area (Å²) in [6.07, 6.45) is 1.71. The largest absolute Gasteiger partial charge is 0.356 e. The number of hydrogen-bond donors (Lipinski definition) is 0. The molecule has 0 saturated heterocycles. The van der Waals surface area contributed by atoms with E-state index < -0.39 is 4.87 Å². The first kappa shape index (κ1) is 14.1. The second-order valence-corrected chi connectivity index (χ2v) is 6.05. The van der Waals surface area contributed by atoms with Crippen molar-refractivity contribution in [2.75, 3.05) is 20.0 Å². The maximum absolute atomic E-state index is 12.0. The fourth-order valence-electron chi connectivity index (χ4n) is 1.75. The summed E-state index contributed by atoms with van der Waals surface area (Å²) in [5.41, 5.74) is 0.777. The molecule has 1 aromatic heterocycles. The first-order valence-electron chi connectivity index (χ1n) is 5.74. The molecule has 1 aliphatic heterocycles. The van der Waals surface area contributed by atoms with Crippen LogP contribution in [0.4, 0.5) is 0 Å². The summed E-state index contributed by atoms with van der Waals surface area (Å²) in [6, 6.07) is 5.62. The zero-order valence-electron chi connectivity index (χ0n) is 11.0. The van der Waals surface area contributed by atoms with Crippen molar-refractivity contribution in [3.63, 3.8) is 0 Å². The minimum atomic E-state index is -0.660. The number of aromatic nitrogens is 1. The number of carbonyl (C=O) groups is 1. The molecule has 1 aliphatic rings. The van der Waals surface area contributed by atoms with Gasteiger partial charge in [0.15, 0.2) is 10.0 Å². The number of alkyl halides is 1. The molecule has 0 N–H and O–H groups in total.